The van der Waals surface area contributed by atoms with Crippen molar-refractivity contribution in [3.63, 3.8) is 0 Å². The van der Waals surface area contributed by atoms with Gasteiger partial charge in [0.15, 0.2) is 12.4 Å². The Morgan fingerprint density at radius 2 is 1.73 bits per heavy atom. The maximum atomic E-state index is 12.7. The third kappa shape index (κ3) is 2.32. The standard InChI is InChI=1S/C17H20N2O3/c20-15(10-22-16(21)14-1-2-18-19-9-14)17-6-11-3-12(7-17)5-13(4-11)8-17/h1-2,9,11-13H,3-8,10H2. The lowest BCUT2D eigenvalue weighted by Crippen LogP contribution is -2.51. The van der Waals surface area contributed by atoms with E-state index in [-0.39, 0.29) is 17.8 Å². The molecule has 1 heterocycles. The third-order valence-electron chi connectivity index (χ3n) is 5.78. The Labute approximate surface area is 129 Å². The number of hydrogen-bond donors (Lipinski definition) is 0. The number of aromatic nitrogens is 2. The van der Waals surface area contributed by atoms with E-state index in [9.17, 15) is 9.59 Å². The largest absolute Gasteiger partial charge is 0.454 e. The van der Waals surface area contributed by atoms with Gasteiger partial charge in [-0.25, -0.2) is 4.79 Å². The summed E-state index contributed by atoms with van der Waals surface area (Å²) in [5.74, 6) is 1.79. The van der Waals surface area contributed by atoms with Crippen molar-refractivity contribution in [2.75, 3.05) is 6.61 Å². The Morgan fingerprint density at radius 3 is 2.27 bits per heavy atom. The molecule has 5 nitrogen and oxygen atoms in total. The normalized spacial score (nSPS) is 35.4. The molecular formula is C17H20N2O3. The molecule has 1 aromatic rings. The highest BCUT2D eigenvalue weighted by molar-refractivity contribution is 5.92. The highest BCUT2D eigenvalue weighted by atomic mass is 16.5. The summed E-state index contributed by atoms with van der Waals surface area (Å²) in [6.45, 7) is -0.104. The molecule has 5 heteroatoms. The van der Waals surface area contributed by atoms with Gasteiger partial charge in [0, 0.05) is 5.41 Å². The topological polar surface area (TPSA) is 69.2 Å². The quantitative estimate of drug-likeness (QED) is 0.799. The molecule has 0 saturated heterocycles. The first-order valence-electron chi connectivity index (χ1n) is 8.12. The number of esters is 1. The zero-order chi connectivity index (χ0) is 15.2. The lowest BCUT2D eigenvalue weighted by molar-refractivity contribution is -0.147. The predicted molar refractivity (Wildman–Crippen MR) is 77.9 cm³/mol. The minimum Gasteiger partial charge on any atom is -0.454 e. The molecule has 0 N–H and O–H groups in total. The van der Waals surface area contributed by atoms with Gasteiger partial charge >= 0.3 is 5.97 Å². The molecule has 0 aromatic carbocycles. The predicted octanol–water partition coefficient (Wildman–Crippen LogP) is 2.42. The second-order valence-electron chi connectivity index (χ2n) is 7.33. The van der Waals surface area contributed by atoms with E-state index in [1.165, 1.54) is 31.7 Å². The maximum Gasteiger partial charge on any atom is 0.340 e. The zero-order valence-electron chi connectivity index (χ0n) is 12.5. The van der Waals surface area contributed by atoms with Gasteiger partial charge in [0.1, 0.15) is 0 Å². The highest BCUT2D eigenvalue weighted by Gasteiger charge is 2.54. The summed E-state index contributed by atoms with van der Waals surface area (Å²) in [6, 6.07) is 1.55. The van der Waals surface area contributed by atoms with Crippen molar-refractivity contribution < 1.29 is 14.3 Å². The Balaban J connectivity index is 1.41. The number of ketones is 1. The molecule has 4 bridgehead atoms. The molecule has 5 rings (SSSR count). The average molecular weight is 300 g/mol. The molecule has 0 unspecified atom stereocenters. The van der Waals surface area contributed by atoms with Gasteiger partial charge in [-0.15, -0.1) is 0 Å². The van der Waals surface area contributed by atoms with Crippen LogP contribution in [0.4, 0.5) is 0 Å². The molecule has 4 aliphatic carbocycles. The van der Waals surface area contributed by atoms with Crippen molar-refractivity contribution in [1.29, 1.82) is 0 Å². The second-order valence-corrected chi connectivity index (χ2v) is 7.33. The van der Waals surface area contributed by atoms with E-state index >= 15 is 0 Å². The monoisotopic (exact) mass is 300 g/mol. The van der Waals surface area contributed by atoms with Crippen LogP contribution in [0.3, 0.4) is 0 Å². The van der Waals surface area contributed by atoms with Crippen molar-refractivity contribution in [2.45, 2.75) is 38.5 Å². The molecule has 0 aliphatic heterocycles. The van der Waals surface area contributed by atoms with Crippen LogP contribution < -0.4 is 0 Å². The molecule has 4 fully saturated rings. The third-order valence-corrected chi connectivity index (χ3v) is 5.78. The number of carbonyl (C=O) groups excluding carboxylic acids is 2. The van der Waals surface area contributed by atoms with E-state index in [0.29, 0.717) is 5.56 Å². The summed E-state index contributed by atoms with van der Waals surface area (Å²) < 4.78 is 5.22. The van der Waals surface area contributed by atoms with Crippen molar-refractivity contribution in [1.82, 2.24) is 10.2 Å². The van der Waals surface area contributed by atoms with Gasteiger partial charge in [-0.3, -0.25) is 4.79 Å². The first kappa shape index (κ1) is 13.9. The Kier molecular flexibility index (Phi) is 3.24. The van der Waals surface area contributed by atoms with E-state index in [1.54, 1.807) is 6.07 Å². The van der Waals surface area contributed by atoms with E-state index < -0.39 is 5.97 Å². The minimum absolute atomic E-state index is 0.104. The van der Waals surface area contributed by atoms with Crippen LogP contribution in [0.25, 0.3) is 0 Å². The number of hydrogen-bond acceptors (Lipinski definition) is 5. The van der Waals surface area contributed by atoms with Crippen LogP contribution in [0, 0.1) is 23.2 Å². The molecule has 0 radical (unpaired) electrons. The summed E-state index contributed by atoms with van der Waals surface area (Å²) in [5.41, 5.74) is 0.138. The molecule has 0 atom stereocenters. The smallest absolute Gasteiger partial charge is 0.340 e. The highest BCUT2D eigenvalue weighted by Crippen LogP contribution is 2.60. The molecule has 4 saturated carbocycles. The Hall–Kier alpha value is -1.78. The molecule has 1 aromatic heterocycles. The Morgan fingerprint density at radius 1 is 1.09 bits per heavy atom. The van der Waals surface area contributed by atoms with E-state index in [4.69, 9.17) is 4.74 Å². The van der Waals surface area contributed by atoms with Gasteiger partial charge in [-0.05, 0) is 62.3 Å². The fraction of sp³-hybridized carbons (Fsp3) is 0.647. The molecule has 116 valence electrons. The fourth-order valence-corrected chi connectivity index (χ4v) is 5.23. The SMILES string of the molecule is O=C(OCC(=O)C12CC3CC(CC(C3)C1)C2)c1ccnnc1. The fourth-order valence-electron chi connectivity index (χ4n) is 5.23. The summed E-state index contributed by atoms with van der Waals surface area (Å²) in [7, 11) is 0. The number of carbonyl (C=O) groups is 2. The lowest BCUT2D eigenvalue weighted by Gasteiger charge is -2.55. The number of ether oxygens (including phenoxy) is 1. The van der Waals surface area contributed by atoms with E-state index in [2.05, 4.69) is 10.2 Å². The molecular weight excluding hydrogens is 280 g/mol. The number of rotatable bonds is 4. The summed E-state index contributed by atoms with van der Waals surface area (Å²) in [4.78, 5) is 24.7. The van der Waals surface area contributed by atoms with Crippen molar-refractivity contribution in [3.8, 4) is 0 Å². The average Bonchev–Trinajstić information content (AvgIpc) is 2.51. The zero-order valence-corrected chi connectivity index (χ0v) is 12.5. The van der Waals surface area contributed by atoms with Crippen molar-refractivity contribution in [2.24, 2.45) is 23.2 Å². The van der Waals surface area contributed by atoms with Crippen molar-refractivity contribution in [3.05, 3.63) is 24.0 Å². The summed E-state index contributed by atoms with van der Waals surface area (Å²) in [6.07, 6.45) is 9.72. The van der Waals surface area contributed by atoms with Gasteiger partial charge in [0.2, 0.25) is 0 Å². The van der Waals surface area contributed by atoms with Crippen LogP contribution in [0.15, 0.2) is 18.5 Å². The van der Waals surface area contributed by atoms with Gasteiger partial charge < -0.3 is 4.74 Å². The van der Waals surface area contributed by atoms with Gasteiger partial charge in [-0.2, -0.15) is 10.2 Å². The molecule has 0 spiro atoms. The van der Waals surface area contributed by atoms with Gasteiger partial charge in [-0.1, -0.05) is 0 Å². The van der Waals surface area contributed by atoms with Crippen LogP contribution >= 0.6 is 0 Å². The molecule has 4 aliphatic rings. The second kappa shape index (κ2) is 5.14. The maximum absolute atomic E-state index is 12.7. The molecule has 0 amide bonds. The van der Waals surface area contributed by atoms with Crippen molar-refractivity contribution >= 4 is 11.8 Å². The Bertz CT molecular complexity index is 564. The number of Topliss-reactive ketones (excluding diaryl/α,β-unsaturated/α-hetero) is 1. The van der Waals surface area contributed by atoms with Crippen LogP contribution in [0.5, 0.6) is 0 Å². The van der Waals surface area contributed by atoms with Crippen LogP contribution in [0.2, 0.25) is 0 Å². The summed E-state index contributed by atoms with van der Waals surface area (Å²) >= 11 is 0. The van der Waals surface area contributed by atoms with Crippen LogP contribution in [-0.2, 0) is 9.53 Å². The first-order chi connectivity index (χ1) is 10.6. The van der Waals surface area contributed by atoms with Crippen LogP contribution in [0.1, 0.15) is 48.9 Å². The number of nitrogens with zero attached hydrogens (tertiary/aromatic N) is 2. The van der Waals surface area contributed by atoms with E-state index in [1.807, 2.05) is 0 Å². The minimum atomic E-state index is -0.493. The summed E-state index contributed by atoms with van der Waals surface area (Å²) in [5, 5.41) is 7.28. The van der Waals surface area contributed by atoms with E-state index in [0.717, 1.165) is 37.0 Å². The molecule has 22 heavy (non-hydrogen) atoms. The van der Waals surface area contributed by atoms with Gasteiger partial charge in [0.05, 0.1) is 18.0 Å². The van der Waals surface area contributed by atoms with Gasteiger partial charge in [0.25, 0.3) is 0 Å². The van der Waals surface area contributed by atoms with Crippen LogP contribution in [-0.4, -0.2) is 28.6 Å². The lowest BCUT2D eigenvalue weighted by atomic mass is 9.48. The first-order valence-corrected chi connectivity index (χ1v) is 8.12.